The number of nitrogens with zero attached hydrogens (tertiary/aromatic N) is 3. The highest BCUT2D eigenvalue weighted by atomic mass is 32.1. The van der Waals surface area contributed by atoms with Gasteiger partial charge in [-0.25, -0.2) is 0 Å². The zero-order valence-corrected chi connectivity index (χ0v) is 15.9. The molecule has 0 aliphatic rings. The summed E-state index contributed by atoms with van der Waals surface area (Å²) < 4.78 is 16.1. The number of hydrogen-bond donors (Lipinski definition) is 2. The quantitative estimate of drug-likeness (QED) is 0.433. The van der Waals surface area contributed by atoms with Gasteiger partial charge in [0.05, 0.1) is 26.5 Å². The van der Waals surface area contributed by atoms with E-state index in [2.05, 4.69) is 25.8 Å². The second-order valence-corrected chi connectivity index (χ2v) is 5.46. The van der Waals surface area contributed by atoms with Gasteiger partial charge in [0.1, 0.15) is 5.75 Å². The molecule has 0 saturated heterocycles. The molecule has 0 unspecified atom stereocenters. The lowest BCUT2D eigenvalue weighted by atomic mass is 10.1. The Kier molecular flexibility index (Phi) is 7.10. The minimum absolute atomic E-state index is 0.109. The number of methoxy groups -OCH3 is 2. The second-order valence-electron chi connectivity index (χ2n) is 5.05. The summed E-state index contributed by atoms with van der Waals surface area (Å²) in [5.74, 6) is 1.22. The largest absolute Gasteiger partial charge is 0.481 e. The third-order valence-corrected chi connectivity index (χ3v) is 3.49. The first-order valence-corrected chi connectivity index (χ1v) is 8.29. The van der Waals surface area contributed by atoms with Gasteiger partial charge in [-0.3, -0.25) is 5.43 Å². The Morgan fingerprint density at radius 3 is 2.54 bits per heavy atom. The Hall–Kier alpha value is -2.94. The van der Waals surface area contributed by atoms with Crippen molar-refractivity contribution in [1.82, 2.24) is 20.7 Å². The van der Waals surface area contributed by atoms with Gasteiger partial charge in [0.2, 0.25) is 11.8 Å². The summed E-state index contributed by atoms with van der Waals surface area (Å²) in [5, 5.41) is 7.54. The van der Waals surface area contributed by atoms with Crippen molar-refractivity contribution in [2.75, 3.05) is 20.8 Å². The van der Waals surface area contributed by atoms with Gasteiger partial charge in [-0.15, -0.1) is 0 Å². The van der Waals surface area contributed by atoms with Crippen molar-refractivity contribution in [2.24, 2.45) is 5.10 Å². The molecule has 26 heavy (non-hydrogen) atoms. The summed E-state index contributed by atoms with van der Waals surface area (Å²) in [4.78, 5) is 8.34. The fourth-order valence-corrected chi connectivity index (χ4v) is 2.20. The van der Waals surface area contributed by atoms with Crippen molar-refractivity contribution in [2.45, 2.75) is 13.8 Å². The lowest BCUT2D eigenvalue weighted by molar-refractivity contribution is 0.348. The van der Waals surface area contributed by atoms with Crippen LogP contribution in [0.2, 0.25) is 0 Å². The van der Waals surface area contributed by atoms with Crippen LogP contribution in [-0.2, 0) is 0 Å². The van der Waals surface area contributed by atoms with E-state index >= 15 is 0 Å². The summed E-state index contributed by atoms with van der Waals surface area (Å²) in [7, 11) is 3.02. The zero-order valence-electron chi connectivity index (χ0n) is 15.1. The first-order chi connectivity index (χ1) is 12.6. The molecule has 0 saturated carbocycles. The summed E-state index contributed by atoms with van der Waals surface area (Å²) in [5.41, 5.74) is 4.49. The molecule has 2 rings (SSSR count). The molecular formula is C17H21N5O3S. The van der Waals surface area contributed by atoms with E-state index in [9.17, 15) is 0 Å². The lowest BCUT2D eigenvalue weighted by Crippen LogP contribution is -2.31. The lowest BCUT2D eigenvalue weighted by Gasteiger charge is -2.11. The highest BCUT2D eigenvalue weighted by molar-refractivity contribution is 7.80. The van der Waals surface area contributed by atoms with Crippen LogP contribution in [0.1, 0.15) is 18.1 Å². The molecule has 138 valence electrons. The number of nitrogens with one attached hydrogen (secondary N) is 2. The highest BCUT2D eigenvalue weighted by Crippen LogP contribution is 2.27. The molecule has 0 aliphatic heterocycles. The van der Waals surface area contributed by atoms with E-state index in [1.54, 1.807) is 18.3 Å². The Morgan fingerprint density at radius 1 is 1.23 bits per heavy atom. The van der Waals surface area contributed by atoms with E-state index in [-0.39, 0.29) is 6.01 Å². The molecule has 1 aromatic heterocycles. The maximum atomic E-state index is 5.83. The van der Waals surface area contributed by atoms with Crippen LogP contribution in [0.4, 0.5) is 0 Å². The Morgan fingerprint density at radius 2 is 1.92 bits per heavy atom. The predicted molar refractivity (Wildman–Crippen MR) is 103 cm³/mol. The fraction of sp³-hybridized carbons (Fsp3) is 0.294. The summed E-state index contributed by atoms with van der Waals surface area (Å²) in [6.45, 7) is 4.62. The van der Waals surface area contributed by atoms with Gasteiger partial charge in [-0.1, -0.05) is 12.1 Å². The van der Waals surface area contributed by atoms with Crippen molar-refractivity contribution in [3.8, 4) is 23.5 Å². The number of ether oxygens (including phenoxy) is 3. The molecule has 2 N–H and O–H groups in total. The molecule has 1 aromatic carbocycles. The maximum Gasteiger partial charge on any atom is 0.328 e. The number of benzene rings is 1. The Labute approximate surface area is 157 Å². The van der Waals surface area contributed by atoms with Gasteiger partial charge in [0.15, 0.2) is 5.11 Å². The van der Waals surface area contributed by atoms with Gasteiger partial charge >= 0.3 is 6.01 Å². The number of aromatic nitrogens is 2. The SMILES string of the molecule is CCNC(=S)NN=Cc1c(C)cccc1Oc1nc(OC)cc(OC)n1. The molecule has 0 radical (unpaired) electrons. The second kappa shape index (κ2) is 9.52. The summed E-state index contributed by atoms with van der Waals surface area (Å²) in [6, 6.07) is 7.29. The van der Waals surface area contributed by atoms with Gasteiger partial charge < -0.3 is 19.5 Å². The van der Waals surface area contributed by atoms with Crippen LogP contribution in [0.15, 0.2) is 29.4 Å². The first kappa shape index (κ1) is 19.4. The topological polar surface area (TPSA) is 89.9 Å². The maximum absolute atomic E-state index is 5.83. The van der Waals surface area contributed by atoms with Gasteiger partial charge in [-0.2, -0.15) is 15.1 Å². The number of thiocarbonyl (C=S) groups is 1. The Balaban J connectivity index is 2.26. The highest BCUT2D eigenvalue weighted by Gasteiger charge is 2.11. The average molecular weight is 375 g/mol. The number of hydrazone groups is 1. The predicted octanol–water partition coefficient (Wildman–Crippen LogP) is 2.41. The van der Waals surface area contributed by atoms with E-state index in [0.717, 1.165) is 17.7 Å². The van der Waals surface area contributed by atoms with Gasteiger partial charge in [-0.05, 0) is 37.7 Å². The van der Waals surface area contributed by atoms with E-state index < -0.39 is 0 Å². The molecule has 0 spiro atoms. The van der Waals surface area contributed by atoms with Crippen LogP contribution < -0.4 is 25.0 Å². The molecule has 9 heteroatoms. The first-order valence-electron chi connectivity index (χ1n) is 7.88. The van der Waals surface area contributed by atoms with E-state index in [4.69, 9.17) is 26.4 Å². The third kappa shape index (κ3) is 5.28. The minimum atomic E-state index is 0.109. The monoisotopic (exact) mass is 375 g/mol. The molecule has 2 aromatic rings. The zero-order chi connectivity index (χ0) is 18.9. The van der Waals surface area contributed by atoms with E-state index in [0.29, 0.717) is 22.6 Å². The molecule has 0 fully saturated rings. The summed E-state index contributed by atoms with van der Waals surface area (Å²) in [6.07, 6.45) is 1.63. The molecule has 0 aliphatic carbocycles. The van der Waals surface area contributed by atoms with Crippen LogP contribution in [0.5, 0.6) is 23.5 Å². The van der Waals surface area contributed by atoms with Crippen LogP contribution >= 0.6 is 12.2 Å². The van der Waals surface area contributed by atoms with Gasteiger partial charge in [0, 0.05) is 12.1 Å². The molecular weight excluding hydrogens is 354 g/mol. The average Bonchev–Trinajstić information content (AvgIpc) is 2.63. The minimum Gasteiger partial charge on any atom is -0.481 e. The third-order valence-electron chi connectivity index (χ3n) is 3.26. The number of hydrogen-bond acceptors (Lipinski definition) is 7. The van der Waals surface area contributed by atoms with Crippen LogP contribution in [0.3, 0.4) is 0 Å². The van der Waals surface area contributed by atoms with E-state index in [1.165, 1.54) is 14.2 Å². The van der Waals surface area contributed by atoms with Crippen molar-refractivity contribution in [3.05, 3.63) is 35.4 Å². The molecule has 1 heterocycles. The van der Waals surface area contributed by atoms with Crippen LogP contribution in [0, 0.1) is 6.92 Å². The number of aryl methyl sites for hydroxylation is 1. The molecule has 0 bridgehead atoms. The van der Waals surface area contributed by atoms with Crippen molar-refractivity contribution in [3.63, 3.8) is 0 Å². The molecule has 0 amide bonds. The standard InChI is InChI=1S/C17H21N5O3S/c1-5-18-17(26)22-19-10-12-11(2)7-6-8-13(12)25-16-20-14(23-3)9-15(21-16)24-4/h6-10H,5H2,1-4H3,(H2,18,22,26). The Bertz CT molecular complexity index is 776. The van der Waals surface area contributed by atoms with Crippen molar-refractivity contribution >= 4 is 23.5 Å². The van der Waals surface area contributed by atoms with Crippen LogP contribution in [0.25, 0.3) is 0 Å². The smallest absolute Gasteiger partial charge is 0.328 e. The summed E-state index contributed by atoms with van der Waals surface area (Å²) >= 11 is 5.08. The molecule has 0 atom stereocenters. The van der Waals surface area contributed by atoms with Gasteiger partial charge in [0.25, 0.3) is 0 Å². The molecule has 8 nitrogen and oxygen atoms in total. The van der Waals surface area contributed by atoms with Crippen molar-refractivity contribution < 1.29 is 14.2 Å². The van der Waals surface area contributed by atoms with Crippen molar-refractivity contribution in [1.29, 1.82) is 0 Å². The fourth-order valence-electron chi connectivity index (χ4n) is 2.00. The van der Waals surface area contributed by atoms with E-state index in [1.807, 2.05) is 26.0 Å². The van der Waals surface area contributed by atoms with Crippen LogP contribution in [-0.4, -0.2) is 42.1 Å². The number of rotatable bonds is 7. The normalized spacial score (nSPS) is 10.5.